The fourth-order valence-electron chi connectivity index (χ4n) is 2.65. The highest BCUT2D eigenvalue weighted by Crippen LogP contribution is 2.57. The number of fused-ring (bicyclic) bond motifs is 1. The summed E-state index contributed by atoms with van der Waals surface area (Å²) in [7, 11) is -10.6. The number of phosphoric acid groups is 2. The number of aromatic nitrogens is 4. The molecule has 3 rings (SSSR count). The summed E-state index contributed by atoms with van der Waals surface area (Å²) in [6.07, 6.45) is -4.06. The third-order valence-corrected chi connectivity index (χ3v) is 5.99. The van der Waals surface area contributed by atoms with E-state index in [9.17, 15) is 29.0 Å². The Morgan fingerprint density at radius 2 is 2.03 bits per heavy atom. The van der Waals surface area contributed by atoms with E-state index in [4.69, 9.17) is 26.0 Å². The summed E-state index contributed by atoms with van der Waals surface area (Å²) in [5, 5.41) is 20.6. The summed E-state index contributed by atoms with van der Waals surface area (Å²) >= 11 is 0. The molecule has 1 fully saturated rings. The molecule has 0 aliphatic carbocycles. The lowest BCUT2D eigenvalue weighted by Gasteiger charge is -2.27. The van der Waals surface area contributed by atoms with Crippen LogP contribution in [0, 0.1) is 0 Å². The number of aromatic amines is 1. The van der Waals surface area contributed by atoms with Gasteiger partial charge in [0.1, 0.15) is 12.2 Å². The predicted molar refractivity (Wildman–Crippen MR) is 90.5 cm³/mol. The fraction of sp³-hybridized carbons (Fsp3) is 0.500. The summed E-state index contributed by atoms with van der Waals surface area (Å²) in [5.41, 5.74) is 7.63. The quantitative estimate of drug-likeness (QED) is 0.157. The zero-order valence-corrected chi connectivity index (χ0v) is 15.9. The van der Waals surface area contributed by atoms with Gasteiger partial charge < -0.3 is 35.4 Å². The zero-order chi connectivity index (χ0) is 21.8. The van der Waals surface area contributed by atoms with E-state index in [1.165, 1.54) is 0 Å². The monoisotopic (exact) mass is 458 g/mol. The van der Waals surface area contributed by atoms with Crippen molar-refractivity contribution in [2.24, 2.45) is 5.73 Å². The molecule has 1 saturated heterocycles. The number of nitrogens with two attached hydrogens (primary N) is 2. The van der Waals surface area contributed by atoms with Crippen LogP contribution >= 0.6 is 15.6 Å². The SMILES string of the molecule is Nc1nc2c(ncn2[C@@H]2O[C@H](COP(=O)(O)OP(=O)(O)O)[C@@H](O)[C@@]2(N)O)c(=O)[nH]1. The number of ether oxygens (including phenoxy) is 1. The average molecular weight is 458 g/mol. The summed E-state index contributed by atoms with van der Waals surface area (Å²) in [4.78, 5) is 48.1. The molecule has 1 aliphatic heterocycles. The van der Waals surface area contributed by atoms with Gasteiger partial charge in [0.2, 0.25) is 5.95 Å². The third-order valence-electron chi connectivity index (χ3n) is 3.84. The Bertz CT molecular complexity index is 1080. The molecule has 17 nitrogen and oxygen atoms in total. The highest BCUT2D eigenvalue weighted by atomic mass is 31.3. The van der Waals surface area contributed by atoms with Crippen molar-refractivity contribution >= 4 is 32.8 Å². The van der Waals surface area contributed by atoms with Crippen LogP contribution in [0.2, 0.25) is 0 Å². The maximum Gasteiger partial charge on any atom is 0.481 e. The first-order valence-electron chi connectivity index (χ1n) is 7.52. The van der Waals surface area contributed by atoms with Crippen LogP contribution in [0.3, 0.4) is 0 Å². The first kappa shape index (κ1) is 21.9. The van der Waals surface area contributed by atoms with E-state index >= 15 is 0 Å². The predicted octanol–water partition coefficient (Wildman–Crippen LogP) is -3.17. The van der Waals surface area contributed by atoms with E-state index in [-0.39, 0.29) is 17.1 Å². The Labute approximate surface area is 159 Å². The van der Waals surface area contributed by atoms with Crippen molar-refractivity contribution in [3.63, 3.8) is 0 Å². The van der Waals surface area contributed by atoms with Crippen molar-refractivity contribution in [1.29, 1.82) is 0 Å². The highest BCUT2D eigenvalue weighted by molar-refractivity contribution is 7.60. The number of H-pyrrole nitrogens is 1. The molecule has 0 radical (unpaired) electrons. The number of hydrogen-bond acceptors (Lipinski definition) is 12. The third kappa shape index (κ3) is 4.40. The Hall–Kier alpha value is -1.75. The van der Waals surface area contributed by atoms with E-state index in [0.29, 0.717) is 0 Å². The molecule has 29 heavy (non-hydrogen) atoms. The number of imidazole rings is 1. The van der Waals surface area contributed by atoms with Crippen molar-refractivity contribution < 1.29 is 47.6 Å². The average Bonchev–Trinajstić information content (AvgIpc) is 3.04. The molecule has 2 aromatic rings. The minimum atomic E-state index is -5.36. The van der Waals surface area contributed by atoms with Crippen LogP contribution < -0.4 is 17.0 Å². The minimum Gasteiger partial charge on any atom is -0.386 e. The summed E-state index contributed by atoms with van der Waals surface area (Å²) in [6, 6.07) is 0. The Morgan fingerprint density at radius 3 is 2.66 bits per heavy atom. The molecule has 5 atom stereocenters. The van der Waals surface area contributed by atoms with Gasteiger partial charge in [0.05, 0.1) is 12.9 Å². The van der Waals surface area contributed by atoms with Crippen molar-refractivity contribution in [1.82, 2.24) is 19.5 Å². The number of nitrogen functional groups attached to an aromatic ring is 1. The standard InChI is InChI=1S/C10H16N6O11P2/c11-9-14-6-4(7(18)15-9)13-2-16(6)8-10(12,19)5(17)3(26-8)1-25-29(23,24)27-28(20,21)22/h2-3,5,8,17,19H,1,12H2,(H,23,24)(H2,20,21,22)(H3,11,14,15,18)/t3-,5-,8-,10-/m1/s1. The normalized spacial score (nSPS) is 29.9. The van der Waals surface area contributed by atoms with Crippen LogP contribution in [0.15, 0.2) is 11.1 Å². The smallest absolute Gasteiger partial charge is 0.386 e. The second kappa shape index (κ2) is 7.19. The van der Waals surface area contributed by atoms with Crippen molar-refractivity contribution in [2.45, 2.75) is 24.2 Å². The molecule has 1 aliphatic rings. The Balaban J connectivity index is 1.85. The van der Waals surface area contributed by atoms with Gasteiger partial charge in [-0.05, 0) is 0 Å². The van der Waals surface area contributed by atoms with Crippen LogP contribution in [0.5, 0.6) is 0 Å². The number of nitrogens with zero attached hydrogens (tertiary/aromatic N) is 3. The Morgan fingerprint density at radius 1 is 1.38 bits per heavy atom. The molecule has 19 heteroatoms. The molecule has 0 saturated carbocycles. The van der Waals surface area contributed by atoms with Gasteiger partial charge in [-0.25, -0.2) is 14.1 Å². The van der Waals surface area contributed by atoms with E-state index in [1.54, 1.807) is 0 Å². The summed E-state index contributed by atoms with van der Waals surface area (Å²) in [5.74, 6) is -0.279. The number of aliphatic hydroxyl groups is 2. The number of aliphatic hydroxyl groups excluding tert-OH is 1. The molecule has 0 aromatic carbocycles. The maximum atomic E-state index is 11.9. The lowest BCUT2D eigenvalue weighted by atomic mass is 10.1. The van der Waals surface area contributed by atoms with Crippen molar-refractivity contribution in [2.75, 3.05) is 12.3 Å². The fourth-order valence-corrected chi connectivity index (χ4v) is 4.25. The van der Waals surface area contributed by atoms with Crippen LogP contribution in [0.4, 0.5) is 5.95 Å². The minimum absolute atomic E-state index is 0.147. The molecule has 1 unspecified atom stereocenters. The van der Waals surface area contributed by atoms with E-state index < -0.39 is 52.0 Å². The second-order valence-electron chi connectivity index (χ2n) is 5.97. The molecular weight excluding hydrogens is 442 g/mol. The van der Waals surface area contributed by atoms with Gasteiger partial charge >= 0.3 is 15.6 Å². The summed E-state index contributed by atoms with van der Waals surface area (Å²) < 4.78 is 36.5. The summed E-state index contributed by atoms with van der Waals surface area (Å²) in [6.45, 7) is -0.965. The van der Waals surface area contributed by atoms with Crippen LogP contribution in [-0.4, -0.2) is 69.0 Å². The second-order valence-corrected chi connectivity index (χ2v) is 8.80. The number of nitrogens with one attached hydrogen (secondary N) is 1. The highest BCUT2D eigenvalue weighted by Gasteiger charge is 2.55. The largest absolute Gasteiger partial charge is 0.481 e. The molecule has 0 amide bonds. The molecule has 10 N–H and O–H groups in total. The first-order valence-corrected chi connectivity index (χ1v) is 10.5. The van der Waals surface area contributed by atoms with Gasteiger partial charge in [0.25, 0.3) is 5.56 Å². The van der Waals surface area contributed by atoms with Crippen LogP contribution in [0.1, 0.15) is 6.23 Å². The van der Waals surface area contributed by atoms with Gasteiger partial charge in [-0.1, -0.05) is 0 Å². The van der Waals surface area contributed by atoms with Crippen LogP contribution in [-0.2, 0) is 22.7 Å². The van der Waals surface area contributed by atoms with Crippen LogP contribution in [0.25, 0.3) is 11.2 Å². The number of rotatable bonds is 6. The van der Waals surface area contributed by atoms with E-state index in [2.05, 4.69) is 23.8 Å². The first-order chi connectivity index (χ1) is 13.2. The number of phosphoric ester groups is 1. The molecular formula is C10H16N6O11P2. The molecule has 162 valence electrons. The zero-order valence-electron chi connectivity index (χ0n) is 14.1. The number of anilines is 1. The maximum absolute atomic E-state index is 11.9. The lowest BCUT2D eigenvalue weighted by molar-refractivity contribution is -0.103. The van der Waals surface area contributed by atoms with Gasteiger partial charge in [0, 0.05) is 0 Å². The van der Waals surface area contributed by atoms with E-state index in [0.717, 1.165) is 10.9 Å². The van der Waals surface area contributed by atoms with Gasteiger partial charge in [-0.2, -0.15) is 9.29 Å². The van der Waals surface area contributed by atoms with E-state index in [1.807, 2.05) is 0 Å². The molecule has 0 bridgehead atoms. The Kier molecular flexibility index (Phi) is 5.44. The lowest BCUT2D eigenvalue weighted by Crippen LogP contribution is -2.54. The van der Waals surface area contributed by atoms with Crippen molar-refractivity contribution in [3.8, 4) is 0 Å². The van der Waals surface area contributed by atoms with Gasteiger partial charge in [0.15, 0.2) is 23.1 Å². The van der Waals surface area contributed by atoms with Gasteiger partial charge in [-0.3, -0.25) is 24.6 Å². The molecule has 3 heterocycles. The number of hydrogen-bond donors (Lipinski definition) is 8. The molecule has 2 aromatic heterocycles. The topological polar surface area (TPSA) is 279 Å². The van der Waals surface area contributed by atoms with Gasteiger partial charge in [-0.15, -0.1) is 0 Å². The molecule has 0 spiro atoms. The van der Waals surface area contributed by atoms with Crippen molar-refractivity contribution in [3.05, 3.63) is 16.7 Å².